The maximum absolute atomic E-state index is 5.76. The number of fused-ring (bicyclic) bond motifs is 1. The van der Waals surface area contributed by atoms with Gasteiger partial charge in [-0.2, -0.15) is 0 Å². The molecule has 0 aliphatic heterocycles. The lowest BCUT2D eigenvalue weighted by molar-refractivity contribution is 0.306. The molecule has 5 nitrogen and oxygen atoms in total. The number of imidazole rings is 1. The van der Waals surface area contributed by atoms with Crippen molar-refractivity contribution in [1.29, 1.82) is 0 Å². The van der Waals surface area contributed by atoms with Crippen LogP contribution in [0.15, 0.2) is 18.6 Å². The highest BCUT2D eigenvalue weighted by Crippen LogP contribution is 2.35. The molecule has 0 amide bonds. The minimum Gasteiger partial charge on any atom is -0.382 e. The molecule has 3 rings (SSSR count). The van der Waals surface area contributed by atoms with Crippen molar-refractivity contribution < 1.29 is 0 Å². The molecule has 5 heteroatoms. The van der Waals surface area contributed by atoms with E-state index in [1.165, 1.54) is 19.3 Å². The van der Waals surface area contributed by atoms with Gasteiger partial charge in [0.25, 0.3) is 0 Å². The number of aromatic nitrogens is 3. The minimum absolute atomic E-state index is 0.160. The summed E-state index contributed by atoms with van der Waals surface area (Å²) in [5, 5.41) is 3.45. The van der Waals surface area contributed by atoms with Gasteiger partial charge >= 0.3 is 0 Å². The molecular formula is C11H15N5. The summed E-state index contributed by atoms with van der Waals surface area (Å²) in [6, 6.07) is 0. The summed E-state index contributed by atoms with van der Waals surface area (Å²) in [6.07, 6.45) is 9.03. The normalized spacial score (nSPS) is 18.3. The molecule has 2 heterocycles. The van der Waals surface area contributed by atoms with Crippen LogP contribution >= 0.6 is 0 Å². The van der Waals surface area contributed by atoms with Gasteiger partial charge in [0.2, 0.25) is 0 Å². The van der Waals surface area contributed by atoms with E-state index in [0.717, 1.165) is 11.5 Å². The van der Waals surface area contributed by atoms with Crippen molar-refractivity contribution in [2.24, 2.45) is 0 Å². The fraction of sp³-hybridized carbons (Fsp3) is 0.455. The molecule has 0 saturated heterocycles. The zero-order chi connectivity index (χ0) is 11.2. The van der Waals surface area contributed by atoms with Gasteiger partial charge in [0, 0.05) is 17.9 Å². The molecule has 1 saturated carbocycles. The number of nitrogens with zero attached hydrogens (tertiary/aromatic N) is 3. The summed E-state index contributed by atoms with van der Waals surface area (Å²) >= 11 is 0. The van der Waals surface area contributed by atoms with Gasteiger partial charge in [-0.15, -0.1) is 0 Å². The van der Waals surface area contributed by atoms with E-state index >= 15 is 0 Å². The van der Waals surface area contributed by atoms with Crippen LogP contribution in [0.4, 0.5) is 11.6 Å². The molecule has 3 N–H and O–H groups in total. The molecule has 2 aromatic heterocycles. The van der Waals surface area contributed by atoms with E-state index in [4.69, 9.17) is 5.73 Å². The molecule has 0 radical (unpaired) electrons. The van der Waals surface area contributed by atoms with Crippen molar-refractivity contribution in [2.45, 2.75) is 31.7 Å². The van der Waals surface area contributed by atoms with E-state index in [2.05, 4.69) is 22.2 Å². The average molecular weight is 217 g/mol. The van der Waals surface area contributed by atoms with E-state index in [1.54, 1.807) is 12.4 Å². The Kier molecular flexibility index (Phi) is 1.83. The van der Waals surface area contributed by atoms with Crippen molar-refractivity contribution in [3.8, 4) is 0 Å². The second kappa shape index (κ2) is 3.10. The lowest BCUT2D eigenvalue weighted by Gasteiger charge is -2.39. The van der Waals surface area contributed by atoms with Crippen LogP contribution in [0.5, 0.6) is 0 Å². The highest BCUT2D eigenvalue weighted by atomic mass is 15.1. The van der Waals surface area contributed by atoms with Crippen molar-refractivity contribution in [1.82, 2.24) is 14.4 Å². The number of rotatable bonds is 2. The van der Waals surface area contributed by atoms with Crippen LogP contribution in [-0.2, 0) is 0 Å². The van der Waals surface area contributed by atoms with Crippen LogP contribution in [-0.4, -0.2) is 19.9 Å². The number of nitrogens with one attached hydrogen (secondary N) is 1. The van der Waals surface area contributed by atoms with E-state index in [0.29, 0.717) is 5.82 Å². The zero-order valence-corrected chi connectivity index (χ0v) is 9.27. The van der Waals surface area contributed by atoms with Gasteiger partial charge in [0.15, 0.2) is 11.5 Å². The summed E-state index contributed by atoms with van der Waals surface area (Å²) in [5.41, 5.74) is 6.76. The number of nitrogens with two attached hydrogens (primary N) is 1. The predicted octanol–water partition coefficient (Wildman–Crippen LogP) is 1.67. The fourth-order valence-electron chi connectivity index (χ4n) is 2.15. The largest absolute Gasteiger partial charge is 0.382 e. The quantitative estimate of drug-likeness (QED) is 0.802. The van der Waals surface area contributed by atoms with Gasteiger partial charge in [-0.1, -0.05) is 0 Å². The Morgan fingerprint density at radius 1 is 1.50 bits per heavy atom. The second-order valence-corrected chi connectivity index (χ2v) is 4.71. The molecule has 1 aliphatic rings. The van der Waals surface area contributed by atoms with E-state index < -0.39 is 0 Å². The summed E-state index contributed by atoms with van der Waals surface area (Å²) in [4.78, 5) is 8.61. The minimum atomic E-state index is 0.160. The first-order valence-corrected chi connectivity index (χ1v) is 5.54. The number of hydrogen-bond acceptors (Lipinski definition) is 4. The predicted molar refractivity (Wildman–Crippen MR) is 63.3 cm³/mol. The van der Waals surface area contributed by atoms with Crippen LogP contribution in [0.3, 0.4) is 0 Å². The Balaban J connectivity index is 2.04. The highest BCUT2D eigenvalue weighted by molar-refractivity contribution is 5.65. The summed E-state index contributed by atoms with van der Waals surface area (Å²) in [6.45, 7) is 2.21. The second-order valence-electron chi connectivity index (χ2n) is 4.71. The van der Waals surface area contributed by atoms with Crippen LogP contribution in [0.1, 0.15) is 26.2 Å². The van der Waals surface area contributed by atoms with Crippen LogP contribution in [0, 0.1) is 0 Å². The molecule has 1 aliphatic carbocycles. The van der Waals surface area contributed by atoms with Crippen LogP contribution < -0.4 is 11.1 Å². The third-order valence-electron chi connectivity index (χ3n) is 3.27. The van der Waals surface area contributed by atoms with Crippen LogP contribution in [0.2, 0.25) is 0 Å². The first kappa shape index (κ1) is 9.45. The first-order chi connectivity index (χ1) is 7.66. The Hall–Kier alpha value is -1.78. The molecule has 0 spiro atoms. The monoisotopic (exact) mass is 217 g/mol. The molecule has 16 heavy (non-hydrogen) atoms. The van der Waals surface area contributed by atoms with Gasteiger partial charge in [-0.3, -0.25) is 0 Å². The Labute approximate surface area is 93.7 Å². The summed E-state index contributed by atoms with van der Waals surface area (Å²) in [7, 11) is 0. The summed E-state index contributed by atoms with van der Waals surface area (Å²) in [5.74, 6) is 1.29. The molecule has 2 aromatic rings. The van der Waals surface area contributed by atoms with E-state index in [9.17, 15) is 0 Å². The number of anilines is 2. The van der Waals surface area contributed by atoms with E-state index in [-0.39, 0.29) is 5.54 Å². The highest BCUT2D eigenvalue weighted by Gasteiger charge is 2.32. The standard InChI is InChI=1S/C11H15N5/c1-11(3-2-4-11)15-9-10-13-5-6-16(10)7-8(12)14-9/h5-7H,2-4,12H2,1H3,(H,14,15). The third-order valence-corrected chi connectivity index (χ3v) is 3.27. The lowest BCUT2D eigenvalue weighted by Crippen LogP contribution is -2.42. The fourth-order valence-corrected chi connectivity index (χ4v) is 2.15. The van der Waals surface area contributed by atoms with Gasteiger partial charge in [-0.05, 0) is 26.2 Å². The SMILES string of the molecule is CC1(Nc2nc(N)cn3ccnc23)CCC1. The van der Waals surface area contributed by atoms with Crippen LogP contribution in [0.25, 0.3) is 5.65 Å². The maximum Gasteiger partial charge on any atom is 0.180 e. The van der Waals surface area contributed by atoms with Gasteiger partial charge in [0.05, 0.1) is 6.20 Å². The van der Waals surface area contributed by atoms with Crippen molar-refractivity contribution in [3.05, 3.63) is 18.6 Å². The van der Waals surface area contributed by atoms with Crippen molar-refractivity contribution >= 4 is 17.3 Å². The van der Waals surface area contributed by atoms with Crippen molar-refractivity contribution in [3.63, 3.8) is 0 Å². The van der Waals surface area contributed by atoms with Crippen molar-refractivity contribution in [2.75, 3.05) is 11.1 Å². The molecular weight excluding hydrogens is 202 g/mol. The molecule has 1 fully saturated rings. The van der Waals surface area contributed by atoms with Gasteiger partial charge < -0.3 is 15.5 Å². The average Bonchev–Trinajstić information content (AvgIpc) is 2.63. The third kappa shape index (κ3) is 1.39. The van der Waals surface area contributed by atoms with Gasteiger partial charge in [-0.25, -0.2) is 9.97 Å². The molecule has 0 atom stereocenters. The van der Waals surface area contributed by atoms with E-state index in [1.807, 2.05) is 10.6 Å². The smallest absolute Gasteiger partial charge is 0.180 e. The Morgan fingerprint density at radius 2 is 2.31 bits per heavy atom. The van der Waals surface area contributed by atoms with Gasteiger partial charge in [0.1, 0.15) is 5.82 Å². The topological polar surface area (TPSA) is 68.2 Å². The number of nitrogen functional groups attached to an aromatic ring is 1. The Morgan fingerprint density at radius 3 is 3.00 bits per heavy atom. The zero-order valence-electron chi connectivity index (χ0n) is 9.27. The molecule has 84 valence electrons. The Bertz CT molecular complexity index is 526. The maximum atomic E-state index is 5.76. The first-order valence-electron chi connectivity index (χ1n) is 5.54. The summed E-state index contributed by atoms with van der Waals surface area (Å²) < 4.78 is 1.90. The molecule has 0 unspecified atom stereocenters. The lowest BCUT2D eigenvalue weighted by atomic mass is 9.78. The molecule has 0 aromatic carbocycles. The molecule has 0 bridgehead atoms. The number of hydrogen-bond donors (Lipinski definition) is 2.